The number of carbonyl (C=O) groups excluding carboxylic acids is 2. The third kappa shape index (κ3) is 7.07. The molecule has 0 aliphatic carbocycles. The highest BCUT2D eigenvalue weighted by molar-refractivity contribution is 7.92. The van der Waals surface area contributed by atoms with E-state index >= 15 is 0 Å². The molecule has 0 atom stereocenters. The summed E-state index contributed by atoms with van der Waals surface area (Å²) in [5.74, 6) is -0.136. The number of ether oxygens (including phenoxy) is 1. The average molecular weight is 496 g/mol. The van der Waals surface area contributed by atoms with E-state index in [1.54, 1.807) is 48.5 Å². The van der Waals surface area contributed by atoms with Gasteiger partial charge in [0.2, 0.25) is 0 Å². The van der Waals surface area contributed by atoms with Gasteiger partial charge in [0.15, 0.2) is 0 Å². The van der Waals surface area contributed by atoms with Gasteiger partial charge in [-0.25, -0.2) is 8.42 Å². The van der Waals surface area contributed by atoms with Crippen molar-refractivity contribution in [3.63, 3.8) is 0 Å². The van der Waals surface area contributed by atoms with Crippen LogP contribution >= 0.6 is 0 Å². The predicted molar refractivity (Wildman–Crippen MR) is 136 cm³/mol. The zero-order valence-corrected chi connectivity index (χ0v) is 20.9. The van der Waals surface area contributed by atoms with Crippen LogP contribution in [0.2, 0.25) is 0 Å². The number of para-hydroxylation sites is 1. The second-order valence-electron chi connectivity index (χ2n) is 8.79. The first-order chi connectivity index (χ1) is 16.5. The van der Waals surface area contributed by atoms with Crippen molar-refractivity contribution in [3.05, 3.63) is 83.9 Å². The molecule has 0 saturated heterocycles. The minimum absolute atomic E-state index is 0.00731. The molecule has 3 aromatic rings. The van der Waals surface area contributed by atoms with Crippen LogP contribution in [0.4, 0.5) is 11.4 Å². The van der Waals surface area contributed by atoms with Crippen molar-refractivity contribution < 1.29 is 22.7 Å². The Morgan fingerprint density at radius 2 is 1.49 bits per heavy atom. The highest BCUT2D eigenvalue weighted by Crippen LogP contribution is 2.21. The maximum Gasteiger partial charge on any atom is 0.261 e. The first kappa shape index (κ1) is 25.8. The summed E-state index contributed by atoms with van der Waals surface area (Å²) in [5.41, 5.74) is 0.883. The maximum atomic E-state index is 12.8. The quantitative estimate of drug-likeness (QED) is 0.420. The zero-order valence-electron chi connectivity index (χ0n) is 20.1. The summed E-state index contributed by atoms with van der Waals surface area (Å²) >= 11 is 0. The van der Waals surface area contributed by atoms with Gasteiger partial charge in [-0.15, -0.1) is 0 Å². The smallest absolute Gasteiger partial charge is 0.261 e. The standard InChI is InChI=1S/C26H29N3O5S/c1-5-34-20-14-12-19(13-15-20)29-35(32,33)21-16-10-18(11-17-21)24(30)27-23-9-7-6-8-22(23)25(31)28-26(2,3)4/h6-17,29H,5H2,1-4H3,(H,27,30)(H,28,31). The van der Waals surface area contributed by atoms with Crippen LogP contribution in [0.1, 0.15) is 48.4 Å². The van der Waals surface area contributed by atoms with Gasteiger partial charge < -0.3 is 15.4 Å². The fourth-order valence-corrected chi connectivity index (χ4v) is 4.24. The minimum atomic E-state index is -3.85. The molecule has 0 aliphatic heterocycles. The maximum absolute atomic E-state index is 12.8. The number of hydrogen-bond acceptors (Lipinski definition) is 5. The van der Waals surface area contributed by atoms with Crippen molar-refractivity contribution in [1.82, 2.24) is 5.32 Å². The van der Waals surface area contributed by atoms with Gasteiger partial charge in [0.1, 0.15) is 5.75 Å². The number of sulfonamides is 1. The lowest BCUT2D eigenvalue weighted by Gasteiger charge is -2.21. The van der Waals surface area contributed by atoms with Crippen molar-refractivity contribution >= 4 is 33.2 Å². The number of carbonyl (C=O) groups is 2. The fourth-order valence-electron chi connectivity index (χ4n) is 3.18. The molecule has 3 rings (SSSR count). The highest BCUT2D eigenvalue weighted by atomic mass is 32.2. The van der Waals surface area contributed by atoms with Crippen LogP contribution < -0.4 is 20.1 Å². The molecule has 0 radical (unpaired) electrons. The van der Waals surface area contributed by atoms with E-state index in [9.17, 15) is 18.0 Å². The molecule has 0 aromatic heterocycles. The van der Waals surface area contributed by atoms with E-state index in [1.807, 2.05) is 27.7 Å². The monoisotopic (exact) mass is 495 g/mol. The molecule has 9 heteroatoms. The Hall–Kier alpha value is -3.85. The molecule has 0 bridgehead atoms. The van der Waals surface area contributed by atoms with Crippen molar-refractivity contribution in [1.29, 1.82) is 0 Å². The van der Waals surface area contributed by atoms with Crippen LogP contribution in [0, 0.1) is 0 Å². The molecule has 0 unspecified atom stereocenters. The van der Waals surface area contributed by atoms with E-state index in [0.29, 0.717) is 29.3 Å². The van der Waals surface area contributed by atoms with Gasteiger partial charge in [-0.2, -0.15) is 0 Å². The lowest BCUT2D eigenvalue weighted by atomic mass is 10.1. The summed E-state index contributed by atoms with van der Waals surface area (Å²) in [4.78, 5) is 25.4. The Morgan fingerprint density at radius 3 is 2.09 bits per heavy atom. The van der Waals surface area contributed by atoms with E-state index in [1.165, 1.54) is 24.3 Å². The molecule has 8 nitrogen and oxygen atoms in total. The van der Waals surface area contributed by atoms with Crippen molar-refractivity contribution in [3.8, 4) is 5.75 Å². The number of rotatable bonds is 8. The van der Waals surface area contributed by atoms with Gasteiger partial charge in [-0.1, -0.05) is 12.1 Å². The first-order valence-corrected chi connectivity index (χ1v) is 12.6. The van der Waals surface area contributed by atoms with Crippen LogP contribution in [0.5, 0.6) is 5.75 Å². The van der Waals surface area contributed by atoms with Gasteiger partial charge in [0, 0.05) is 16.8 Å². The summed E-state index contributed by atoms with van der Waals surface area (Å²) in [7, 11) is -3.85. The zero-order chi connectivity index (χ0) is 25.6. The van der Waals surface area contributed by atoms with Gasteiger partial charge in [0.25, 0.3) is 21.8 Å². The lowest BCUT2D eigenvalue weighted by Crippen LogP contribution is -2.40. The van der Waals surface area contributed by atoms with E-state index in [2.05, 4.69) is 15.4 Å². The molecular weight excluding hydrogens is 466 g/mol. The van der Waals surface area contributed by atoms with Crippen LogP contribution in [-0.4, -0.2) is 32.4 Å². The molecule has 3 aromatic carbocycles. The Labute approximate surface area is 205 Å². The Morgan fingerprint density at radius 1 is 0.857 bits per heavy atom. The van der Waals surface area contributed by atoms with Gasteiger partial charge in [-0.3, -0.25) is 14.3 Å². The summed E-state index contributed by atoms with van der Waals surface area (Å²) in [6.45, 7) is 7.98. The van der Waals surface area contributed by atoms with Crippen LogP contribution in [0.15, 0.2) is 77.7 Å². The van der Waals surface area contributed by atoms with E-state index in [4.69, 9.17) is 4.74 Å². The van der Waals surface area contributed by atoms with Gasteiger partial charge in [-0.05, 0) is 88.4 Å². The van der Waals surface area contributed by atoms with Crippen molar-refractivity contribution in [2.75, 3.05) is 16.6 Å². The molecule has 184 valence electrons. The van der Waals surface area contributed by atoms with E-state index in [0.717, 1.165) is 0 Å². The molecule has 0 heterocycles. The second-order valence-corrected chi connectivity index (χ2v) is 10.5. The highest BCUT2D eigenvalue weighted by Gasteiger charge is 2.20. The third-order valence-corrected chi connectivity index (χ3v) is 6.15. The van der Waals surface area contributed by atoms with Gasteiger partial charge in [0.05, 0.1) is 22.8 Å². The molecule has 2 amide bonds. The second kappa shape index (κ2) is 10.6. The number of nitrogens with one attached hydrogen (secondary N) is 3. The van der Waals surface area contributed by atoms with Crippen LogP contribution in [0.3, 0.4) is 0 Å². The Bertz CT molecular complexity index is 1300. The van der Waals surface area contributed by atoms with E-state index < -0.39 is 21.5 Å². The molecule has 0 saturated carbocycles. The van der Waals surface area contributed by atoms with Crippen LogP contribution in [-0.2, 0) is 10.0 Å². The summed E-state index contributed by atoms with van der Waals surface area (Å²) < 4.78 is 33.3. The molecular formula is C26H29N3O5S. The first-order valence-electron chi connectivity index (χ1n) is 11.1. The summed E-state index contributed by atoms with van der Waals surface area (Å²) in [6.07, 6.45) is 0. The fraction of sp³-hybridized carbons (Fsp3) is 0.231. The Balaban J connectivity index is 1.72. The largest absolute Gasteiger partial charge is 0.494 e. The topological polar surface area (TPSA) is 114 Å². The molecule has 35 heavy (non-hydrogen) atoms. The normalized spacial score (nSPS) is 11.4. The average Bonchev–Trinajstić information content (AvgIpc) is 2.79. The number of amides is 2. The third-order valence-electron chi connectivity index (χ3n) is 4.75. The molecule has 3 N–H and O–H groups in total. The Kier molecular flexibility index (Phi) is 7.81. The van der Waals surface area contributed by atoms with Gasteiger partial charge >= 0.3 is 0 Å². The molecule has 0 spiro atoms. The summed E-state index contributed by atoms with van der Waals surface area (Å²) in [6, 6.07) is 18.8. The number of anilines is 2. The molecule has 0 aliphatic rings. The minimum Gasteiger partial charge on any atom is -0.494 e. The van der Waals surface area contributed by atoms with Crippen molar-refractivity contribution in [2.45, 2.75) is 38.1 Å². The lowest BCUT2D eigenvalue weighted by molar-refractivity contribution is 0.0920. The van der Waals surface area contributed by atoms with E-state index in [-0.39, 0.29) is 16.4 Å². The van der Waals surface area contributed by atoms with Crippen molar-refractivity contribution in [2.24, 2.45) is 0 Å². The number of benzene rings is 3. The SMILES string of the molecule is CCOc1ccc(NS(=O)(=O)c2ccc(C(=O)Nc3ccccc3C(=O)NC(C)(C)C)cc2)cc1. The summed E-state index contributed by atoms with van der Waals surface area (Å²) in [5, 5.41) is 5.60. The molecule has 0 fully saturated rings. The van der Waals surface area contributed by atoms with Crippen LogP contribution in [0.25, 0.3) is 0 Å². The number of hydrogen-bond donors (Lipinski definition) is 3. The predicted octanol–water partition coefficient (Wildman–Crippen LogP) is 4.67.